The number of aryl methyl sites for hydroxylation is 1. The summed E-state index contributed by atoms with van der Waals surface area (Å²) in [5.74, 6) is 0.638. The highest BCUT2D eigenvalue weighted by Crippen LogP contribution is 2.28. The zero-order valence-corrected chi connectivity index (χ0v) is 11.4. The highest BCUT2D eigenvalue weighted by molar-refractivity contribution is 6.30. The van der Waals surface area contributed by atoms with E-state index in [9.17, 15) is 4.79 Å². The Morgan fingerprint density at radius 1 is 1.35 bits per heavy atom. The van der Waals surface area contributed by atoms with Gasteiger partial charge in [0.15, 0.2) is 6.29 Å². The number of nitrogens with zero attached hydrogens (tertiary/aromatic N) is 2. The van der Waals surface area contributed by atoms with Crippen molar-refractivity contribution in [1.82, 2.24) is 15.0 Å². The lowest BCUT2D eigenvalue weighted by molar-refractivity contribution is 0.111. The Hall–Kier alpha value is -2.40. The maximum atomic E-state index is 11.0. The fourth-order valence-electron chi connectivity index (χ4n) is 2.11. The molecule has 0 unspecified atom stereocenters. The molecule has 2 heterocycles. The van der Waals surface area contributed by atoms with Gasteiger partial charge in [0, 0.05) is 10.7 Å². The average Bonchev–Trinajstić information content (AvgIpc) is 2.76. The number of hydrogen-bond donors (Lipinski definition) is 2. The van der Waals surface area contributed by atoms with E-state index >= 15 is 0 Å². The van der Waals surface area contributed by atoms with E-state index < -0.39 is 0 Å². The van der Waals surface area contributed by atoms with Gasteiger partial charge in [-0.25, -0.2) is 9.97 Å². The maximum absolute atomic E-state index is 11.0. The van der Waals surface area contributed by atoms with Gasteiger partial charge < -0.3 is 10.3 Å². The number of H-pyrrole nitrogens is 1. The largest absolute Gasteiger partial charge is 0.340 e. The maximum Gasteiger partial charge on any atom is 0.166 e. The Morgan fingerprint density at radius 3 is 2.95 bits per heavy atom. The summed E-state index contributed by atoms with van der Waals surface area (Å²) < 4.78 is 0. The number of aromatic amines is 1. The van der Waals surface area contributed by atoms with E-state index in [1.807, 2.05) is 19.1 Å². The lowest BCUT2D eigenvalue weighted by atomic mass is 10.2. The molecule has 0 saturated heterocycles. The van der Waals surface area contributed by atoms with E-state index in [-0.39, 0.29) is 0 Å². The summed E-state index contributed by atoms with van der Waals surface area (Å²) in [6.07, 6.45) is 2.22. The predicted octanol–water partition coefficient (Wildman–Crippen LogP) is 3.48. The first-order chi connectivity index (χ1) is 9.69. The van der Waals surface area contributed by atoms with Crippen LogP contribution in [0.3, 0.4) is 0 Å². The smallest absolute Gasteiger partial charge is 0.166 e. The van der Waals surface area contributed by atoms with Crippen LogP contribution in [0.2, 0.25) is 5.02 Å². The van der Waals surface area contributed by atoms with E-state index in [4.69, 9.17) is 11.6 Å². The highest BCUT2D eigenvalue weighted by Gasteiger charge is 2.13. The predicted molar refractivity (Wildman–Crippen MR) is 78.7 cm³/mol. The van der Waals surface area contributed by atoms with E-state index in [1.165, 1.54) is 6.33 Å². The summed E-state index contributed by atoms with van der Waals surface area (Å²) in [5.41, 5.74) is 2.78. The molecule has 100 valence electrons. The molecular weight excluding hydrogens is 276 g/mol. The van der Waals surface area contributed by atoms with Crippen molar-refractivity contribution in [2.75, 3.05) is 5.32 Å². The minimum absolute atomic E-state index is 0.509. The van der Waals surface area contributed by atoms with Crippen LogP contribution in [0.15, 0.2) is 30.6 Å². The first-order valence-corrected chi connectivity index (χ1v) is 6.38. The second-order valence-electron chi connectivity index (χ2n) is 4.36. The Labute approximate surface area is 120 Å². The highest BCUT2D eigenvalue weighted by atomic mass is 35.5. The van der Waals surface area contributed by atoms with E-state index in [0.717, 1.165) is 22.9 Å². The standard InChI is InChI=1S/C14H11ClN4O/c1-8-11(6-20)19-14-12(8)13(16-7-17-14)18-10-4-2-3-9(15)5-10/h2-7H,1H3,(H2,16,17,18,19). The molecule has 2 N–H and O–H groups in total. The second kappa shape index (κ2) is 4.94. The van der Waals surface area contributed by atoms with Crippen LogP contribution in [0.1, 0.15) is 16.1 Å². The molecule has 0 aliphatic rings. The number of hydrogen-bond acceptors (Lipinski definition) is 4. The third kappa shape index (κ3) is 2.12. The molecule has 0 aliphatic carbocycles. The van der Waals surface area contributed by atoms with E-state index in [2.05, 4.69) is 20.3 Å². The number of aldehydes is 1. The summed E-state index contributed by atoms with van der Waals surface area (Å²) in [6.45, 7) is 1.86. The number of nitrogens with one attached hydrogen (secondary N) is 2. The molecule has 2 aromatic heterocycles. The van der Waals surface area contributed by atoms with Crippen LogP contribution in [0.5, 0.6) is 0 Å². The second-order valence-corrected chi connectivity index (χ2v) is 4.80. The number of carbonyl (C=O) groups is 1. The minimum Gasteiger partial charge on any atom is -0.340 e. The number of carbonyl (C=O) groups excluding carboxylic acids is 1. The summed E-state index contributed by atoms with van der Waals surface area (Å²) in [7, 11) is 0. The van der Waals surface area contributed by atoms with Crippen molar-refractivity contribution >= 4 is 40.4 Å². The molecule has 20 heavy (non-hydrogen) atoms. The molecule has 1 aromatic carbocycles. The van der Waals surface area contributed by atoms with Crippen LogP contribution < -0.4 is 5.32 Å². The summed E-state index contributed by atoms with van der Waals surface area (Å²) in [5, 5.41) is 4.63. The fourth-order valence-corrected chi connectivity index (χ4v) is 2.30. The van der Waals surface area contributed by atoms with Gasteiger partial charge in [0.05, 0.1) is 11.1 Å². The zero-order valence-electron chi connectivity index (χ0n) is 10.6. The summed E-state index contributed by atoms with van der Waals surface area (Å²) in [4.78, 5) is 22.3. The SMILES string of the molecule is Cc1c(C=O)[nH]c2ncnc(Nc3cccc(Cl)c3)c12. The van der Waals surface area contributed by atoms with Crippen molar-refractivity contribution in [3.05, 3.63) is 46.9 Å². The van der Waals surface area contributed by atoms with Crippen molar-refractivity contribution < 1.29 is 4.79 Å². The van der Waals surface area contributed by atoms with Crippen LogP contribution >= 0.6 is 11.6 Å². The molecule has 0 fully saturated rings. The first-order valence-electron chi connectivity index (χ1n) is 6.00. The van der Waals surface area contributed by atoms with Gasteiger partial charge in [0.2, 0.25) is 0 Å². The Balaban J connectivity index is 2.12. The first kappa shape index (κ1) is 12.6. The van der Waals surface area contributed by atoms with Gasteiger partial charge >= 0.3 is 0 Å². The van der Waals surface area contributed by atoms with Crippen LogP contribution in [-0.2, 0) is 0 Å². The van der Waals surface area contributed by atoms with Gasteiger partial charge in [0.25, 0.3) is 0 Å². The number of rotatable bonds is 3. The topological polar surface area (TPSA) is 70.7 Å². The molecule has 0 radical (unpaired) electrons. The number of aromatic nitrogens is 3. The normalized spacial score (nSPS) is 10.7. The molecular formula is C14H11ClN4O. The van der Waals surface area contributed by atoms with Crippen molar-refractivity contribution in [2.45, 2.75) is 6.92 Å². The fraction of sp³-hybridized carbons (Fsp3) is 0.0714. The molecule has 5 nitrogen and oxygen atoms in total. The third-order valence-corrected chi connectivity index (χ3v) is 3.32. The Kier molecular flexibility index (Phi) is 3.12. The Bertz CT molecular complexity index is 797. The number of anilines is 2. The monoisotopic (exact) mass is 286 g/mol. The van der Waals surface area contributed by atoms with Crippen LogP contribution in [0.4, 0.5) is 11.5 Å². The molecule has 3 rings (SSSR count). The van der Waals surface area contributed by atoms with Gasteiger partial charge in [-0.05, 0) is 30.7 Å². The van der Waals surface area contributed by atoms with Crippen LogP contribution in [0.25, 0.3) is 11.0 Å². The summed E-state index contributed by atoms with van der Waals surface area (Å²) in [6, 6.07) is 7.35. The van der Waals surface area contributed by atoms with E-state index in [0.29, 0.717) is 22.2 Å². The quantitative estimate of drug-likeness (QED) is 0.723. The van der Waals surface area contributed by atoms with Crippen molar-refractivity contribution in [1.29, 1.82) is 0 Å². The molecule has 3 aromatic rings. The van der Waals surface area contributed by atoms with Gasteiger partial charge in [0.1, 0.15) is 17.8 Å². The van der Waals surface area contributed by atoms with Gasteiger partial charge in [-0.3, -0.25) is 4.79 Å². The summed E-state index contributed by atoms with van der Waals surface area (Å²) >= 11 is 5.96. The number of halogens is 1. The molecule has 0 atom stereocenters. The van der Waals surface area contributed by atoms with E-state index in [1.54, 1.807) is 12.1 Å². The van der Waals surface area contributed by atoms with Gasteiger partial charge in [-0.15, -0.1) is 0 Å². The average molecular weight is 287 g/mol. The zero-order chi connectivity index (χ0) is 14.1. The van der Waals surface area contributed by atoms with Crippen molar-refractivity contribution in [2.24, 2.45) is 0 Å². The number of fused-ring (bicyclic) bond motifs is 1. The Morgan fingerprint density at radius 2 is 2.20 bits per heavy atom. The lowest BCUT2D eigenvalue weighted by Gasteiger charge is -2.07. The molecule has 0 bridgehead atoms. The molecule has 6 heteroatoms. The van der Waals surface area contributed by atoms with Crippen LogP contribution in [-0.4, -0.2) is 21.2 Å². The third-order valence-electron chi connectivity index (χ3n) is 3.08. The van der Waals surface area contributed by atoms with Gasteiger partial charge in [-0.2, -0.15) is 0 Å². The van der Waals surface area contributed by atoms with Crippen molar-refractivity contribution in [3.8, 4) is 0 Å². The molecule has 0 amide bonds. The lowest BCUT2D eigenvalue weighted by Crippen LogP contribution is -1.95. The van der Waals surface area contributed by atoms with Crippen molar-refractivity contribution in [3.63, 3.8) is 0 Å². The molecule has 0 saturated carbocycles. The van der Waals surface area contributed by atoms with Crippen LogP contribution in [0, 0.1) is 6.92 Å². The molecule has 0 spiro atoms. The van der Waals surface area contributed by atoms with Gasteiger partial charge in [-0.1, -0.05) is 17.7 Å². The molecule has 0 aliphatic heterocycles. The number of benzene rings is 1. The minimum atomic E-state index is 0.509.